The lowest BCUT2D eigenvalue weighted by Gasteiger charge is -2.36. The highest BCUT2D eigenvalue weighted by atomic mass is 19.3. The van der Waals surface area contributed by atoms with Gasteiger partial charge in [-0.2, -0.15) is 0 Å². The lowest BCUT2D eigenvalue weighted by Crippen LogP contribution is -2.49. The topological polar surface area (TPSA) is 33.5 Å². The van der Waals surface area contributed by atoms with Gasteiger partial charge in [-0.25, -0.2) is 8.78 Å². The van der Waals surface area contributed by atoms with Crippen LogP contribution in [0.1, 0.15) is 23.7 Å². The number of piperidine rings is 1. The summed E-state index contributed by atoms with van der Waals surface area (Å²) in [5.74, 6) is -3.85. The normalized spacial score (nSPS) is 24.4. The molecule has 1 fully saturated rings. The number of carbonyl (C=O) groups is 1. The number of furan rings is 1. The van der Waals surface area contributed by atoms with Crippen LogP contribution in [0.3, 0.4) is 0 Å². The third-order valence-corrected chi connectivity index (χ3v) is 3.01. The van der Waals surface area contributed by atoms with Crippen LogP contribution in [0.15, 0.2) is 23.0 Å². The molecule has 2 heterocycles. The molecule has 1 amide bonds. The summed E-state index contributed by atoms with van der Waals surface area (Å²) >= 11 is 0. The van der Waals surface area contributed by atoms with Crippen molar-refractivity contribution in [3.8, 4) is 0 Å². The van der Waals surface area contributed by atoms with E-state index < -0.39 is 18.4 Å². The van der Waals surface area contributed by atoms with Gasteiger partial charge in [0.05, 0.1) is 18.4 Å². The predicted octanol–water partition coefficient (Wildman–Crippen LogP) is 2.40. The van der Waals surface area contributed by atoms with Gasteiger partial charge >= 0.3 is 0 Å². The van der Waals surface area contributed by atoms with Gasteiger partial charge in [-0.05, 0) is 12.5 Å². The van der Waals surface area contributed by atoms with E-state index in [1.807, 2.05) is 0 Å². The Bertz CT molecular complexity index is 375. The van der Waals surface area contributed by atoms with E-state index >= 15 is 0 Å². The average molecular weight is 229 g/mol. The predicted molar refractivity (Wildman–Crippen MR) is 53.3 cm³/mol. The van der Waals surface area contributed by atoms with Gasteiger partial charge in [0.25, 0.3) is 11.8 Å². The molecule has 2 rings (SSSR count). The number of likely N-dealkylation sites (tertiary alicyclic amines) is 1. The number of nitrogens with zero attached hydrogens (tertiary/aromatic N) is 1. The molecule has 88 valence electrons. The first-order chi connectivity index (χ1) is 7.50. The number of hydrogen-bond donors (Lipinski definition) is 0. The van der Waals surface area contributed by atoms with Crippen molar-refractivity contribution in [3.63, 3.8) is 0 Å². The van der Waals surface area contributed by atoms with Crippen molar-refractivity contribution in [3.05, 3.63) is 24.2 Å². The van der Waals surface area contributed by atoms with Crippen LogP contribution < -0.4 is 0 Å². The summed E-state index contributed by atoms with van der Waals surface area (Å²) in [7, 11) is 0. The molecule has 0 unspecified atom stereocenters. The van der Waals surface area contributed by atoms with Crippen molar-refractivity contribution in [2.24, 2.45) is 5.92 Å². The molecule has 0 radical (unpaired) electrons. The minimum absolute atomic E-state index is 0.324. The average Bonchev–Trinajstić information content (AvgIpc) is 2.74. The van der Waals surface area contributed by atoms with Crippen molar-refractivity contribution in [2.45, 2.75) is 19.3 Å². The summed E-state index contributed by atoms with van der Waals surface area (Å²) in [5, 5.41) is 0. The van der Waals surface area contributed by atoms with Gasteiger partial charge in [-0.15, -0.1) is 0 Å². The Morgan fingerprint density at radius 1 is 1.62 bits per heavy atom. The quantitative estimate of drug-likeness (QED) is 0.740. The van der Waals surface area contributed by atoms with E-state index in [0.717, 1.165) is 0 Å². The minimum atomic E-state index is -2.79. The highest BCUT2D eigenvalue weighted by Gasteiger charge is 2.43. The highest BCUT2D eigenvalue weighted by Crippen LogP contribution is 2.32. The van der Waals surface area contributed by atoms with Gasteiger partial charge in [-0.3, -0.25) is 4.79 Å². The third-order valence-electron chi connectivity index (χ3n) is 3.01. The van der Waals surface area contributed by atoms with Crippen LogP contribution in [0.25, 0.3) is 0 Å². The Balaban J connectivity index is 2.10. The maximum Gasteiger partial charge on any atom is 0.267 e. The molecule has 3 nitrogen and oxygen atoms in total. The Morgan fingerprint density at radius 3 is 2.94 bits per heavy atom. The minimum Gasteiger partial charge on any atom is -0.472 e. The molecule has 0 aromatic carbocycles. The van der Waals surface area contributed by atoms with Crippen LogP contribution in [0, 0.1) is 5.92 Å². The zero-order valence-corrected chi connectivity index (χ0v) is 8.95. The van der Waals surface area contributed by atoms with E-state index in [9.17, 15) is 13.6 Å². The molecule has 1 atom stereocenters. The first-order valence-corrected chi connectivity index (χ1v) is 5.20. The van der Waals surface area contributed by atoms with E-state index in [4.69, 9.17) is 4.42 Å². The van der Waals surface area contributed by atoms with Crippen LogP contribution >= 0.6 is 0 Å². The first kappa shape index (κ1) is 11.1. The second-order valence-corrected chi connectivity index (χ2v) is 4.19. The molecule has 1 saturated heterocycles. The standard InChI is InChI=1S/C11H13F2NO2/c1-8-2-4-14(7-11(8,12)13)10(15)9-3-5-16-6-9/h3,5-6,8H,2,4,7H2,1H3/t8-/m0/s1. The first-order valence-electron chi connectivity index (χ1n) is 5.20. The highest BCUT2D eigenvalue weighted by molar-refractivity contribution is 5.93. The van der Waals surface area contributed by atoms with Crippen molar-refractivity contribution in [1.29, 1.82) is 0 Å². The molecule has 1 aromatic heterocycles. The summed E-state index contributed by atoms with van der Waals surface area (Å²) in [4.78, 5) is 13.0. The SMILES string of the molecule is C[C@H]1CCN(C(=O)c2ccoc2)CC1(F)F. The van der Waals surface area contributed by atoms with Crippen LogP contribution in [0.2, 0.25) is 0 Å². The molecule has 1 aliphatic rings. The van der Waals surface area contributed by atoms with E-state index in [1.54, 1.807) is 0 Å². The molecule has 16 heavy (non-hydrogen) atoms. The van der Waals surface area contributed by atoms with Gasteiger partial charge < -0.3 is 9.32 Å². The van der Waals surface area contributed by atoms with Crippen molar-refractivity contribution >= 4 is 5.91 Å². The van der Waals surface area contributed by atoms with E-state index in [0.29, 0.717) is 18.5 Å². The number of amides is 1. The summed E-state index contributed by atoms with van der Waals surface area (Å²) in [6, 6.07) is 1.48. The van der Waals surface area contributed by atoms with Crippen LogP contribution in [0.4, 0.5) is 8.78 Å². The zero-order valence-electron chi connectivity index (χ0n) is 8.95. The summed E-state index contributed by atoms with van der Waals surface area (Å²) in [5.41, 5.74) is 0.324. The van der Waals surface area contributed by atoms with Gasteiger partial charge in [0.1, 0.15) is 6.26 Å². The summed E-state index contributed by atoms with van der Waals surface area (Å²) < 4.78 is 31.6. The molecule has 0 N–H and O–H groups in total. The second-order valence-electron chi connectivity index (χ2n) is 4.19. The van der Waals surface area contributed by atoms with Crippen LogP contribution in [-0.4, -0.2) is 29.8 Å². The number of rotatable bonds is 1. The van der Waals surface area contributed by atoms with E-state index in [1.165, 1.54) is 30.4 Å². The Morgan fingerprint density at radius 2 is 2.38 bits per heavy atom. The van der Waals surface area contributed by atoms with Crippen molar-refractivity contribution in [1.82, 2.24) is 4.90 Å². The molecule has 1 aliphatic heterocycles. The molecular weight excluding hydrogens is 216 g/mol. The fourth-order valence-electron chi connectivity index (χ4n) is 1.79. The molecule has 0 spiro atoms. The summed E-state index contributed by atoms with van der Waals surface area (Å²) in [6.45, 7) is 1.39. The van der Waals surface area contributed by atoms with Gasteiger partial charge in [0.2, 0.25) is 0 Å². The Hall–Kier alpha value is -1.39. The number of hydrogen-bond acceptors (Lipinski definition) is 2. The van der Waals surface area contributed by atoms with Crippen molar-refractivity contribution < 1.29 is 18.0 Å². The fraction of sp³-hybridized carbons (Fsp3) is 0.545. The summed E-state index contributed by atoms with van der Waals surface area (Å²) in [6.07, 6.45) is 2.97. The zero-order chi connectivity index (χ0) is 11.8. The van der Waals surface area contributed by atoms with Gasteiger partial charge in [0.15, 0.2) is 0 Å². The molecule has 0 bridgehead atoms. The van der Waals surface area contributed by atoms with Gasteiger partial charge in [0, 0.05) is 12.5 Å². The van der Waals surface area contributed by atoms with Gasteiger partial charge in [-0.1, -0.05) is 6.92 Å². The van der Waals surface area contributed by atoms with Crippen molar-refractivity contribution in [2.75, 3.05) is 13.1 Å². The molecule has 0 saturated carbocycles. The third kappa shape index (κ3) is 1.94. The largest absolute Gasteiger partial charge is 0.472 e. The lowest BCUT2D eigenvalue weighted by atomic mass is 9.94. The molecule has 1 aromatic rings. The Kier molecular flexibility index (Phi) is 2.69. The molecule has 0 aliphatic carbocycles. The smallest absolute Gasteiger partial charge is 0.267 e. The Labute approximate surface area is 92.0 Å². The maximum absolute atomic E-state index is 13.4. The number of halogens is 2. The monoisotopic (exact) mass is 229 g/mol. The van der Waals surface area contributed by atoms with Crippen LogP contribution in [-0.2, 0) is 0 Å². The molecular formula is C11H13F2NO2. The van der Waals surface area contributed by atoms with E-state index in [2.05, 4.69) is 0 Å². The molecule has 5 heteroatoms. The maximum atomic E-state index is 13.4. The second kappa shape index (κ2) is 3.88. The number of alkyl halides is 2. The fourth-order valence-corrected chi connectivity index (χ4v) is 1.79. The van der Waals surface area contributed by atoms with Crippen LogP contribution in [0.5, 0.6) is 0 Å². The number of carbonyl (C=O) groups excluding carboxylic acids is 1. The van der Waals surface area contributed by atoms with E-state index in [-0.39, 0.29) is 5.91 Å². The lowest BCUT2D eigenvalue weighted by molar-refractivity contribution is -0.0957.